The molecule has 0 radical (unpaired) electrons. The molecule has 0 atom stereocenters. The zero-order chi connectivity index (χ0) is 15.5. The molecule has 0 spiro atoms. The summed E-state index contributed by atoms with van der Waals surface area (Å²) in [6, 6.07) is 1.94. The van der Waals surface area contributed by atoms with Crippen LogP contribution >= 0.6 is 0 Å². The molecular formula is C15H25N3O3S. The van der Waals surface area contributed by atoms with Gasteiger partial charge in [-0.2, -0.15) is 0 Å². The van der Waals surface area contributed by atoms with Gasteiger partial charge >= 0.3 is 0 Å². The molecule has 0 saturated carbocycles. The van der Waals surface area contributed by atoms with Crippen LogP contribution in [0.2, 0.25) is 0 Å². The predicted molar refractivity (Wildman–Crippen MR) is 87.4 cm³/mol. The molecular weight excluding hydrogens is 302 g/mol. The molecule has 0 bridgehead atoms. The molecule has 6 nitrogen and oxygen atoms in total. The molecule has 3 heterocycles. The maximum absolute atomic E-state index is 13.6. The minimum absolute atomic E-state index is 0.378. The Kier molecular flexibility index (Phi) is 4.49. The van der Waals surface area contributed by atoms with Crippen LogP contribution in [0.3, 0.4) is 0 Å². The minimum Gasteiger partial charge on any atom is -0.369 e. The van der Waals surface area contributed by atoms with E-state index in [9.17, 15) is 4.21 Å². The summed E-state index contributed by atoms with van der Waals surface area (Å²) in [5.74, 6) is 0.393. The highest BCUT2D eigenvalue weighted by atomic mass is 32.3. The Labute approximate surface area is 132 Å². The van der Waals surface area contributed by atoms with Crippen LogP contribution < -0.4 is 10.2 Å². The van der Waals surface area contributed by atoms with Crippen molar-refractivity contribution in [2.24, 2.45) is 0 Å². The lowest BCUT2D eigenvalue weighted by atomic mass is 10.3. The SMILES string of the molecule is CCCS1(=O)(c2cncc(N3CCCNCC3)c2)OCCO1. The highest BCUT2D eigenvalue weighted by Crippen LogP contribution is 2.43. The Morgan fingerprint density at radius 2 is 2.09 bits per heavy atom. The molecule has 2 aliphatic rings. The van der Waals surface area contributed by atoms with Crippen molar-refractivity contribution in [3.63, 3.8) is 0 Å². The second-order valence-electron chi connectivity index (χ2n) is 5.77. The molecule has 1 aromatic rings. The third-order valence-electron chi connectivity index (χ3n) is 4.14. The number of hydrogen-bond donors (Lipinski definition) is 1. The highest BCUT2D eigenvalue weighted by molar-refractivity contribution is 8.12. The zero-order valence-electron chi connectivity index (χ0n) is 13.1. The second kappa shape index (κ2) is 6.23. The van der Waals surface area contributed by atoms with Crippen LogP contribution in [0.15, 0.2) is 23.4 Å². The van der Waals surface area contributed by atoms with E-state index >= 15 is 0 Å². The Balaban J connectivity index is 1.94. The molecule has 2 fully saturated rings. The van der Waals surface area contributed by atoms with Crippen LogP contribution in [-0.2, 0) is 18.0 Å². The number of aromatic nitrogens is 1. The van der Waals surface area contributed by atoms with E-state index in [-0.39, 0.29) is 0 Å². The van der Waals surface area contributed by atoms with Crippen molar-refractivity contribution in [1.82, 2.24) is 10.3 Å². The summed E-state index contributed by atoms with van der Waals surface area (Å²) < 4.78 is 24.9. The molecule has 0 unspecified atom stereocenters. The molecule has 124 valence electrons. The zero-order valence-corrected chi connectivity index (χ0v) is 13.9. The molecule has 3 rings (SSSR count). The van der Waals surface area contributed by atoms with Crippen LogP contribution in [0.5, 0.6) is 0 Å². The summed E-state index contributed by atoms with van der Waals surface area (Å²) in [6.07, 6.45) is 5.29. The van der Waals surface area contributed by atoms with Gasteiger partial charge in [0.25, 0.3) is 0 Å². The summed E-state index contributed by atoms with van der Waals surface area (Å²) >= 11 is 0. The first-order valence-corrected chi connectivity index (χ1v) is 10.00. The lowest BCUT2D eigenvalue weighted by Gasteiger charge is -2.36. The smallest absolute Gasteiger partial charge is 0.115 e. The van der Waals surface area contributed by atoms with E-state index in [1.807, 2.05) is 19.2 Å². The first kappa shape index (κ1) is 15.9. The fraction of sp³-hybridized carbons (Fsp3) is 0.667. The molecule has 0 amide bonds. The van der Waals surface area contributed by atoms with Gasteiger partial charge in [0.1, 0.15) is 9.63 Å². The van der Waals surface area contributed by atoms with Gasteiger partial charge in [0.2, 0.25) is 0 Å². The van der Waals surface area contributed by atoms with Gasteiger partial charge in [0.05, 0.1) is 35.7 Å². The first-order chi connectivity index (χ1) is 10.6. The van der Waals surface area contributed by atoms with Crippen molar-refractivity contribution < 1.29 is 12.6 Å². The van der Waals surface area contributed by atoms with Crippen molar-refractivity contribution in [1.29, 1.82) is 0 Å². The fourth-order valence-corrected chi connectivity index (χ4v) is 6.00. The maximum atomic E-state index is 13.6. The molecule has 2 saturated heterocycles. The Morgan fingerprint density at radius 3 is 2.86 bits per heavy atom. The summed E-state index contributed by atoms with van der Waals surface area (Å²) in [4.78, 5) is 7.18. The predicted octanol–water partition coefficient (Wildman–Crippen LogP) is 1.35. The van der Waals surface area contributed by atoms with Crippen molar-refractivity contribution >= 4 is 15.3 Å². The van der Waals surface area contributed by atoms with E-state index in [0.717, 1.165) is 44.7 Å². The molecule has 2 aliphatic heterocycles. The lowest BCUT2D eigenvalue weighted by Crippen LogP contribution is -2.37. The monoisotopic (exact) mass is 327 g/mol. The topological polar surface area (TPSA) is 63.7 Å². The quantitative estimate of drug-likeness (QED) is 0.900. The van der Waals surface area contributed by atoms with Crippen molar-refractivity contribution in [2.75, 3.05) is 50.0 Å². The summed E-state index contributed by atoms with van der Waals surface area (Å²) in [6.45, 7) is 6.62. The van der Waals surface area contributed by atoms with E-state index in [0.29, 0.717) is 23.9 Å². The van der Waals surface area contributed by atoms with E-state index < -0.39 is 9.63 Å². The summed E-state index contributed by atoms with van der Waals surface area (Å²) in [5, 5.41) is 3.39. The molecule has 1 aromatic heterocycles. The number of nitrogens with one attached hydrogen (secondary N) is 1. The van der Waals surface area contributed by atoms with Gasteiger partial charge in [-0.3, -0.25) is 13.4 Å². The highest BCUT2D eigenvalue weighted by Gasteiger charge is 2.44. The van der Waals surface area contributed by atoms with Crippen molar-refractivity contribution in [2.45, 2.75) is 24.7 Å². The fourth-order valence-electron chi connectivity index (χ4n) is 3.06. The first-order valence-electron chi connectivity index (χ1n) is 8.01. The molecule has 7 heteroatoms. The third-order valence-corrected chi connectivity index (χ3v) is 7.68. The Bertz CT molecular complexity index is 575. The third kappa shape index (κ3) is 2.90. The van der Waals surface area contributed by atoms with Crippen LogP contribution in [0.25, 0.3) is 0 Å². The maximum Gasteiger partial charge on any atom is 0.115 e. The van der Waals surface area contributed by atoms with E-state index in [1.165, 1.54) is 0 Å². The lowest BCUT2D eigenvalue weighted by molar-refractivity contribution is 0.365. The van der Waals surface area contributed by atoms with Crippen LogP contribution in [0.1, 0.15) is 19.8 Å². The van der Waals surface area contributed by atoms with Gasteiger partial charge in [-0.05, 0) is 25.5 Å². The van der Waals surface area contributed by atoms with Gasteiger partial charge in [-0.25, -0.2) is 4.21 Å². The minimum atomic E-state index is -3.67. The summed E-state index contributed by atoms with van der Waals surface area (Å²) in [7, 11) is -3.67. The summed E-state index contributed by atoms with van der Waals surface area (Å²) in [5.41, 5.74) is 0.991. The molecule has 22 heavy (non-hydrogen) atoms. The molecule has 0 aromatic carbocycles. The number of anilines is 1. The number of rotatable bonds is 4. The van der Waals surface area contributed by atoms with Crippen LogP contribution in [0.4, 0.5) is 5.69 Å². The average molecular weight is 327 g/mol. The van der Waals surface area contributed by atoms with E-state index in [1.54, 1.807) is 6.20 Å². The Hall–Kier alpha value is -1.02. The number of hydrogen-bond acceptors (Lipinski definition) is 6. The van der Waals surface area contributed by atoms with Gasteiger partial charge in [0, 0.05) is 25.8 Å². The number of nitrogens with zero attached hydrogens (tertiary/aromatic N) is 2. The van der Waals surface area contributed by atoms with Crippen LogP contribution in [0, 0.1) is 0 Å². The molecule has 0 aliphatic carbocycles. The van der Waals surface area contributed by atoms with E-state index in [2.05, 4.69) is 15.2 Å². The largest absolute Gasteiger partial charge is 0.369 e. The Morgan fingerprint density at radius 1 is 1.27 bits per heavy atom. The molecule has 1 N–H and O–H groups in total. The number of pyridine rings is 1. The normalized spacial score (nSPS) is 26.0. The van der Waals surface area contributed by atoms with Gasteiger partial charge < -0.3 is 10.2 Å². The van der Waals surface area contributed by atoms with Gasteiger partial charge in [-0.1, -0.05) is 6.92 Å². The second-order valence-corrected chi connectivity index (χ2v) is 9.02. The van der Waals surface area contributed by atoms with Crippen molar-refractivity contribution in [3.05, 3.63) is 18.5 Å². The van der Waals surface area contributed by atoms with Gasteiger partial charge in [0.15, 0.2) is 0 Å². The van der Waals surface area contributed by atoms with Crippen molar-refractivity contribution in [3.8, 4) is 0 Å². The standard InChI is InChI=1S/C15H25N3O3S/c1-2-10-22(19,20-8-9-21-22)15-11-14(12-17-13-15)18-6-3-4-16-5-7-18/h11-13,16H,2-10H2,1H3. The average Bonchev–Trinajstić information content (AvgIpc) is 2.77. The van der Waals surface area contributed by atoms with Gasteiger partial charge in [-0.15, -0.1) is 0 Å². The van der Waals surface area contributed by atoms with Crippen LogP contribution in [-0.4, -0.2) is 54.3 Å². The van der Waals surface area contributed by atoms with E-state index in [4.69, 9.17) is 8.37 Å².